The minimum absolute atomic E-state index is 0.126. The second-order valence-corrected chi connectivity index (χ2v) is 6.39. The normalized spacial score (nSPS) is 19.1. The van der Waals surface area contributed by atoms with Crippen LogP contribution in [0.5, 0.6) is 0 Å². The minimum atomic E-state index is -0.803. The molecule has 0 aromatic rings. The third-order valence-corrected chi connectivity index (χ3v) is 3.99. The average molecular weight is 288 g/mol. The van der Waals surface area contributed by atoms with Crippen LogP contribution in [0.15, 0.2) is 0 Å². The SMILES string of the molecule is CC(C)(CCNC(=O)C1CSC(=O)N1)CCC(=O)O. The number of hydrogen-bond acceptors (Lipinski definition) is 4. The molecule has 3 N–H and O–H groups in total. The Hall–Kier alpha value is -1.24. The van der Waals surface area contributed by atoms with Crippen molar-refractivity contribution in [3.8, 4) is 0 Å². The van der Waals surface area contributed by atoms with Crippen LogP contribution in [0.3, 0.4) is 0 Å². The van der Waals surface area contributed by atoms with E-state index in [1.54, 1.807) is 0 Å². The Balaban J connectivity index is 2.23. The molecule has 0 spiro atoms. The van der Waals surface area contributed by atoms with Crippen LogP contribution in [0.25, 0.3) is 0 Å². The van der Waals surface area contributed by atoms with E-state index in [0.29, 0.717) is 25.1 Å². The van der Waals surface area contributed by atoms with E-state index >= 15 is 0 Å². The van der Waals surface area contributed by atoms with E-state index in [4.69, 9.17) is 5.11 Å². The van der Waals surface area contributed by atoms with E-state index in [9.17, 15) is 14.4 Å². The highest BCUT2D eigenvalue weighted by molar-refractivity contribution is 8.14. The molecule has 1 fully saturated rings. The van der Waals surface area contributed by atoms with Gasteiger partial charge in [0.25, 0.3) is 5.24 Å². The van der Waals surface area contributed by atoms with Crippen LogP contribution in [0, 0.1) is 5.41 Å². The standard InChI is InChI=1S/C12H20N2O4S/c1-12(2,4-3-9(15)16)5-6-13-10(17)8-7-19-11(18)14-8/h8H,3-7H2,1-2H3,(H,13,17)(H,14,18)(H,15,16). The van der Waals surface area contributed by atoms with Crippen LogP contribution >= 0.6 is 11.8 Å². The van der Waals surface area contributed by atoms with E-state index in [0.717, 1.165) is 11.8 Å². The zero-order chi connectivity index (χ0) is 14.5. The molecule has 1 aliphatic rings. The fraction of sp³-hybridized carbons (Fsp3) is 0.750. The summed E-state index contributed by atoms with van der Waals surface area (Å²) >= 11 is 1.11. The van der Waals surface area contributed by atoms with Crippen LogP contribution in [0.1, 0.15) is 33.1 Å². The molecule has 6 nitrogen and oxygen atoms in total. The lowest BCUT2D eigenvalue weighted by molar-refractivity contribution is -0.137. The predicted octanol–water partition coefficient (Wildman–Crippen LogP) is 1.21. The van der Waals surface area contributed by atoms with Crippen LogP contribution < -0.4 is 10.6 Å². The second kappa shape index (κ2) is 6.79. The lowest BCUT2D eigenvalue weighted by Gasteiger charge is -2.24. The number of carboxylic acids is 1. The summed E-state index contributed by atoms with van der Waals surface area (Å²) in [6.07, 6.45) is 1.42. The summed E-state index contributed by atoms with van der Waals surface area (Å²) in [5, 5.41) is 13.8. The van der Waals surface area contributed by atoms with Crippen molar-refractivity contribution in [1.82, 2.24) is 10.6 Å². The number of carbonyl (C=O) groups is 3. The molecule has 1 unspecified atom stereocenters. The summed E-state index contributed by atoms with van der Waals surface area (Å²) in [4.78, 5) is 33.2. The van der Waals surface area contributed by atoms with Crippen LogP contribution in [0.4, 0.5) is 4.79 Å². The Morgan fingerprint density at radius 1 is 1.47 bits per heavy atom. The molecule has 0 aliphatic carbocycles. The summed E-state index contributed by atoms with van der Waals surface area (Å²) in [7, 11) is 0. The van der Waals surface area contributed by atoms with Crippen molar-refractivity contribution in [2.45, 2.75) is 39.2 Å². The van der Waals surface area contributed by atoms with Crippen LogP contribution in [-0.2, 0) is 9.59 Å². The molecule has 0 aromatic carbocycles. The van der Waals surface area contributed by atoms with E-state index in [1.165, 1.54) is 0 Å². The van der Waals surface area contributed by atoms with E-state index in [-0.39, 0.29) is 23.0 Å². The Kier molecular flexibility index (Phi) is 5.65. The van der Waals surface area contributed by atoms with Gasteiger partial charge in [0.1, 0.15) is 6.04 Å². The predicted molar refractivity (Wildman–Crippen MR) is 73.1 cm³/mol. The highest BCUT2D eigenvalue weighted by atomic mass is 32.2. The number of carboxylic acid groups (broad SMARTS) is 1. The number of amides is 2. The molecule has 7 heteroatoms. The minimum Gasteiger partial charge on any atom is -0.481 e. The molecule has 0 saturated carbocycles. The van der Waals surface area contributed by atoms with Crippen molar-refractivity contribution in [2.24, 2.45) is 5.41 Å². The first-order valence-corrected chi connectivity index (χ1v) is 7.21. The Labute approximate surface area is 116 Å². The lowest BCUT2D eigenvalue weighted by Crippen LogP contribution is -2.43. The quantitative estimate of drug-likeness (QED) is 0.654. The maximum Gasteiger partial charge on any atom is 0.303 e. The molecule has 2 amide bonds. The molecule has 1 atom stereocenters. The highest BCUT2D eigenvalue weighted by Crippen LogP contribution is 2.26. The third kappa shape index (κ3) is 5.96. The van der Waals surface area contributed by atoms with Gasteiger partial charge in [-0.25, -0.2) is 0 Å². The fourth-order valence-electron chi connectivity index (χ4n) is 1.74. The second-order valence-electron chi connectivity index (χ2n) is 5.39. The fourth-order valence-corrected chi connectivity index (χ4v) is 2.52. The first-order valence-electron chi connectivity index (χ1n) is 6.23. The first-order chi connectivity index (χ1) is 8.80. The smallest absolute Gasteiger partial charge is 0.303 e. The highest BCUT2D eigenvalue weighted by Gasteiger charge is 2.28. The third-order valence-electron chi connectivity index (χ3n) is 3.11. The number of nitrogens with one attached hydrogen (secondary N) is 2. The molecule has 1 rings (SSSR count). The van der Waals surface area contributed by atoms with Gasteiger partial charge in [-0.2, -0.15) is 0 Å². The molecule has 108 valence electrons. The molecule has 0 bridgehead atoms. The van der Waals surface area contributed by atoms with Crippen molar-refractivity contribution in [3.63, 3.8) is 0 Å². The van der Waals surface area contributed by atoms with Crippen molar-refractivity contribution in [3.05, 3.63) is 0 Å². The molecule has 1 heterocycles. The molecular formula is C12H20N2O4S. The zero-order valence-electron chi connectivity index (χ0n) is 11.2. The Bertz CT molecular complexity index is 371. The van der Waals surface area contributed by atoms with Gasteiger partial charge in [-0.05, 0) is 18.3 Å². The summed E-state index contributed by atoms with van der Waals surface area (Å²) in [6, 6.07) is -0.445. The van der Waals surface area contributed by atoms with Gasteiger partial charge < -0.3 is 15.7 Å². The van der Waals surface area contributed by atoms with Crippen molar-refractivity contribution >= 4 is 28.9 Å². The number of carbonyl (C=O) groups excluding carboxylic acids is 2. The number of thioether (sulfide) groups is 1. The van der Waals surface area contributed by atoms with E-state index in [1.807, 2.05) is 13.8 Å². The number of hydrogen-bond donors (Lipinski definition) is 3. The number of aliphatic carboxylic acids is 1. The lowest BCUT2D eigenvalue weighted by atomic mass is 9.84. The van der Waals surface area contributed by atoms with Crippen molar-refractivity contribution in [1.29, 1.82) is 0 Å². The molecular weight excluding hydrogens is 268 g/mol. The van der Waals surface area contributed by atoms with Gasteiger partial charge in [0.15, 0.2) is 0 Å². The molecule has 0 aromatic heterocycles. The van der Waals surface area contributed by atoms with Crippen LogP contribution in [-0.4, -0.2) is 40.6 Å². The molecule has 1 saturated heterocycles. The van der Waals surface area contributed by atoms with Crippen molar-refractivity contribution < 1.29 is 19.5 Å². The van der Waals surface area contributed by atoms with Gasteiger partial charge in [0.05, 0.1) is 0 Å². The average Bonchev–Trinajstić information content (AvgIpc) is 2.73. The van der Waals surface area contributed by atoms with Gasteiger partial charge in [-0.1, -0.05) is 25.6 Å². The van der Waals surface area contributed by atoms with Crippen LogP contribution in [0.2, 0.25) is 0 Å². The monoisotopic (exact) mass is 288 g/mol. The molecule has 19 heavy (non-hydrogen) atoms. The van der Waals surface area contributed by atoms with Gasteiger partial charge >= 0.3 is 5.97 Å². The van der Waals surface area contributed by atoms with Gasteiger partial charge in [-0.15, -0.1) is 0 Å². The summed E-state index contributed by atoms with van der Waals surface area (Å²) in [5.74, 6) is -0.511. The van der Waals surface area contributed by atoms with E-state index < -0.39 is 12.0 Å². The van der Waals surface area contributed by atoms with Gasteiger partial charge in [-0.3, -0.25) is 14.4 Å². The number of rotatable bonds is 7. The van der Waals surface area contributed by atoms with Gasteiger partial charge in [0, 0.05) is 18.7 Å². The van der Waals surface area contributed by atoms with Gasteiger partial charge in [0.2, 0.25) is 5.91 Å². The maximum atomic E-state index is 11.7. The molecule has 0 radical (unpaired) electrons. The Morgan fingerprint density at radius 3 is 2.68 bits per heavy atom. The Morgan fingerprint density at radius 2 is 2.16 bits per heavy atom. The maximum absolute atomic E-state index is 11.7. The van der Waals surface area contributed by atoms with E-state index in [2.05, 4.69) is 10.6 Å². The topological polar surface area (TPSA) is 95.5 Å². The summed E-state index contributed by atoms with van der Waals surface area (Å²) in [5.41, 5.74) is -0.126. The van der Waals surface area contributed by atoms with Crippen molar-refractivity contribution in [2.75, 3.05) is 12.3 Å². The largest absolute Gasteiger partial charge is 0.481 e. The summed E-state index contributed by atoms with van der Waals surface area (Å²) in [6.45, 7) is 4.45. The zero-order valence-corrected chi connectivity index (χ0v) is 12.0. The summed E-state index contributed by atoms with van der Waals surface area (Å²) < 4.78 is 0. The molecule has 1 aliphatic heterocycles. The first kappa shape index (κ1) is 15.8.